The minimum absolute atomic E-state index is 0.140. The van der Waals surface area contributed by atoms with Gasteiger partial charge in [0.2, 0.25) is 5.89 Å². The maximum atomic E-state index is 5.13. The van der Waals surface area contributed by atoms with E-state index >= 15 is 0 Å². The number of pyridine rings is 1. The monoisotopic (exact) mass is 247 g/mol. The quantitative estimate of drug-likeness (QED) is 0.861. The molecule has 0 aliphatic heterocycles. The van der Waals surface area contributed by atoms with Crippen LogP contribution in [0.3, 0.4) is 0 Å². The Morgan fingerprint density at radius 2 is 2.22 bits per heavy atom. The molecule has 0 saturated carbocycles. The van der Waals surface area contributed by atoms with Crippen LogP contribution in [0, 0.1) is 0 Å². The predicted octanol–water partition coefficient (Wildman–Crippen LogP) is 1.38. The van der Waals surface area contributed by atoms with Gasteiger partial charge in [-0.25, -0.2) is 0 Å². The van der Waals surface area contributed by atoms with Gasteiger partial charge in [-0.3, -0.25) is 4.98 Å². The van der Waals surface area contributed by atoms with E-state index in [2.05, 4.69) is 20.4 Å². The van der Waals surface area contributed by atoms with Crippen LogP contribution in [0.1, 0.15) is 24.6 Å². The molecule has 2 rings (SSSR count). The third-order valence-electron chi connectivity index (χ3n) is 2.55. The summed E-state index contributed by atoms with van der Waals surface area (Å²) < 4.78 is 5.13. The first kappa shape index (κ1) is 12.5. The molecule has 96 valence electrons. The fourth-order valence-corrected chi connectivity index (χ4v) is 1.48. The fourth-order valence-electron chi connectivity index (χ4n) is 1.48. The average Bonchev–Trinajstić information content (AvgIpc) is 2.86. The Balaban J connectivity index is 1.91. The number of nitrogens with zero attached hydrogens (tertiary/aromatic N) is 4. The van der Waals surface area contributed by atoms with E-state index in [0.29, 0.717) is 18.4 Å². The second kappa shape index (κ2) is 5.59. The van der Waals surface area contributed by atoms with Gasteiger partial charge in [0.25, 0.3) is 5.95 Å². The molecule has 2 aromatic rings. The lowest BCUT2D eigenvalue weighted by Crippen LogP contribution is -2.19. The van der Waals surface area contributed by atoms with Crippen LogP contribution in [0.15, 0.2) is 28.9 Å². The Morgan fingerprint density at radius 1 is 1.39 bits per heavy atom. The van der Waals surface area contributed by atoms with E-state index in [0.717, 1.165) is 5.69 Å². The molecular formula is C12H17N5O. The molecule has 0 radical (unpaired) electrons. The molecule has 0 spiro atoms. The van der Waals surface area contributed by atoms with E-state index < -0.39 is 0 Å². The lowest BCUT2D eigenvalue weighted by atomic mass is 10.2. The van der Waals surface area contributed by atoms with E-state index in [4.69, 9.17) is 4.52 Å². The minimum atomic E-state index is 0.140. The summed E-state index contributed by atoms with van der Waals surface area (Å²) >= 11 is 0. The molecule has 0 aromatic carbocycles. The third kappa shape index (κ3) is 3.04. The molecule has 0 saturated heterocycles. The first-order valence-corrected chi connectivity index (χ1v) is 5.81. The Morgan fingerprint density at radius 3 is 2.83 bits per heavy atom. The van der Waals surface area contributed by atoms with E-state index in [-0.39, 0.29) is 6.04 Å². The summed E-state index contributed by atoms with van der Waals surface area (Å²) in [4.78, 5) is 10.3. The van der Waals surface area contributed by atoms with Gasteiger partial charge >= 0.3 is 0 Å². The number of aromatic nitrogens is 3. The topological polar surface area (TPSA) is 67.1 Å². The van der Waals surface area contributed by atoms with Crippen molar-refractivity contribution < 1.29 is 4.52 Å². The third-order valence-corrected chi connectivity index (χ3v) is 2.55. The molecule has 1 atom stereocenters. The molecule has 0 aliphatic carbocycles. The summed E-state index contributed by atoms with van der Waals surface area (Å²) in [6.45, 7) is 2.57. The highest BCUT2D eigenvalue weighted by molar-refractivity contribution is 5.23. The van der Waals surface area contributed by atoms with Crippen molar-refractivity contribution in [2.24, 2.45) is 0 Å². The van der Waals surface area contributed by atoms with Gasteiger partial charge in [-0.05, 0) is 24.2 Å². The Bertz CT molecular complexity index is 482. The molecule has 0 fully saturated rings. The highest BCUT2D eigenvalue weighted by Gasteiger charge is 2.10. The normalized spacial score (nSPS) is 12.4. The van der Waals surface area contributed by atoms with Crippen LogP contribution in [0.2, 0.25) is 0 Å². The zero-order valence-electron chi connectivity index (χ0n) is 10.8. The SMILES string of the molecule is C[C@H](NCc1nc(N(C)C)no1)c1ccccn1. The minimum Gasteiger partial charge on any atom is -0.344 e. The van der Waals surface area contributed by atoms with Gasteiger partial charge in [0, 0.05) is 26.3 Å². The van der Waals surface area contributed by atoms with Crippen LogP contribution in [0.5, 0.6) is 0 Å². The smallest absolute Gasteiger partial charge is 0.265 e. The molecule has 0 amide bonds. The number of nitrogens with one attached hydrogen (secondary N) is 1. The van der Waals surface area contributed by atoms with Gasteiger partial charge in [0.15, 0.2) is 0 Å². The summed E-state index contributed by atoms with van der Waals surface area (Å²) in [6, 6.07) is 5.99. The molecule has 0 aliphatic rings. The second-order valence-electron chi connectivity index (χ2n) is 4.24. The van der Waals surface area contributed by atoms with Gasteiger partial charge in [-0.1, -0.05) is 6.07 Å². The summed E-state index contributed by atoms with van der Waals surface area (Å²) in [5.74, 6) is 1.15. The van der Waals surface area contributed by atoms with Crippen LogP contribution in [-0.2, 0) is 6.54 Å². The van der Waals surface area contributed by atoms with E-state index in [1.165, 1.54) is 0 Å². The standard InChI is InChI=1S/C12H17N5O/c1-9(10-6-4-5-7-13-10)14-8-11-15-12(16-18-11)17(2)3/h4-7,9,14H,8H2,1-3H3/t9-/m0/s1. The lowest BCUT2D eigenvalue weighted by Gasteiger charge is -2.10. The van der Waals surface area contributed by atoms with E-state index in [9.17, 15) is 0 Å². The Hall–Kier alpha value is -1.95. The first-order chi connectivity index (χ1) is 8.66. The molecule has 2 aromatic heterocycles. The molecule has 6 nitrogen and oxygen atoms in total. The zero-order valence-corrected chi connectivity index (χ0v) is 10.8. The van der Waals surface area contributed by atoms with Crippen LogP contribution < -0.4 is 10.2 Å². The molecule has 18 heavy (non-hydrogen) atoms. The zero-order chi connectivity index (χ0) is 13.0. The molecule has 6 heteroatoms. The summed E-state index contributed by atoms with van der Waals surface area (Å²) in [5.41, 5.74) is 0.991. The highest BCUT2D eigenvalue weighted by Crippen LogP contribution is 2.10. The Labute approximate surface area is 106 Å². The van der Waals surface area contributed by atoms with Crippen molar-refractivity contribution in [1.29, 1.82) is 0 Å². The van der Waals surface area contributed by atoms with Crippen LogP contribution in [0.25, 0.3) is 0 Å². The summed E-state index contributed by atoms with van der Waals surface area (Å²) in [7, 11) is 3.75. The van der Waals surface area contributed by atoms with Crippen molar-refractivity contribution in [3.8, 4) is 0 Å². The van der Waals surface area contributed by atoms with Crippen molar-refractivity contribution in [3.05, 3.63) is 36.0 Å². The van der Waals surface area contributed by atoms with Crippen molar-refractivity contribution >= 4 is 5.95 Å². The molecule has 2 heterocycles. The maximum Gasteiger partial charge on any atom is 0.265 e. The molecule has 0 unspecified atom stereocenters. The average molecular weight is 247 g/mol. The van der Waals surface area contributed by atoms with Crippen molar-refractivity contribution in [2.75, 3.05) is 19.0 Å². The highest BCUT2D eigenvalue weighted by atomic mass is 16.5. The molecular weight excluding hydrogens is 230 g/mol. The number of anilines is 1. The largest absolute Gasteiger partial charge is 0.344 e. The number of rotatable bonds is 5. The van der Waals surface area contributed by atoms with Crippen molar-refractivity contribution in [1.82, 2.24) is 20.4 Å². The Kier molecular flexibility index (Phi) is 3.88. The molecule has 0 bridgehead atoms. The van der Waals surface area contributed by atoms with Crippen LogP contribution >= 0.6 is 0 Å². The first-order valence-electron chi connectivity index (χ1n) is 5.81. The maximum absolute atomic E-state index is 5.13. The van der Waals surface area contributed by atoms with Crippen molar-refractivity contribution in [3.63, 3.8) is 0 Å². The summed E-state index contributed by atoms with van der Waals surface area (Å²) in [5, 5.41) is 7.14. The van der Waals surface area contributed by atoms with Crippen molar-refractivity contribution in [2.45, 2.75) is 19.5 Å². The lowest BCUT2D eigenvalue weighted by molar-refractivity contribution is 0.359. The number of hydrogen-bond donors (Lipinski definition) is 1. The van der Waals surface area contributed by atoms with Gasteiger partial charge in [0.1, 0.15) is 0 Å². The van der Waals surface area contributed by atoms with E-state index in [1.54, 1.807) is 11.1 Å². The van der Waals surface area contributed by atoms with Gasteiger partial charge < -0.3 is 14.7 Å². The fraction of sp³-hybridized carbons (Fsp3) is 0.417. The van der Waals surface area contributed by atoms with Gasteiger partial charge in [0.05, 0.1) is 12.2 Å². The summed E-state index contributed by atoms with van der Waals surface area (Å²) in [6.07, 6.45) is 1.78. The number of hydrogen-bond acceptors (Lipinski definition) is 6. The second-order valence-corrected chi connectivity index (χ2v) is 4.24. The van der Waals surface area contributed by atoms with Crippen LogP contribution in [0.4, 0.5) is 5.95 Å². The predicted molar refractivity (Wildman–Crippen MR) is 68.1 cm³/mol. The van der Waals surface area contributed by atoms with Crippen LogP contribution in [-0.4, -0.2) is 29.2 Å². The van der Waals surface area contributed by atoms with Gasteiger partial charge in [-0.15, -0.1) is 0 Å². The van der Waals surface area contributed by atoms with Gasteiger partial charge in [-0.2, -0.15) is 4.98 Å². The van der Waals surface area contributed by atoms with E-state index in [1.807, 2.05) is 39.2 Å². The molecule has 1 N–H and O–H groups in total.